The molecule has 2 aliphatic heterocycles. The van der Waals surface area contributed by atoms with Gasteiger partial charge in [0, 0.05) is 0 Å². The van der Waals surface area contributed by atoms with E-state index in [1.807, 2.05) is 6.07 Å². The van der Waals surface area contributed by atoms with Gasteiger partial charge in [-0.05, 0) is 48.0 Å². The van der Waals surface area contributed by atoms with E-state index in [2.05, 4.69) is 0 Å². The molecular weight excluding hydrogens is 415 g/mol. The van der Waals surface area contributed by atoms with E-state index in [1.165, 1.54) is 35.4 Å². The summed E-state index contributed by atoms with van der Waals surface area (Å²) < 4.78 is 13.4. The molecule has 0 radical (unpaired) electrons. The second-order valence-electron chi connectivity index (χ2n) is 7.54. The molecular formula is C24H17FN2O5. The van der Waals surface area contributed by atoms with E-state index < -0.39 is 41.7 Å². The lowest BCUT2D eigenvalue weighted by Crippen LogP contribution is -2.37. The number of rotatable bonds is 4. The molecule has 3 aromatic rings. The Morgan fingerprint density at radius 2 is 1.50 bits per heavy atom. The van der Waals surface area contributed by atoms with Crippen molar-refractivity contribution in [3.8, 4) is 0 Å². The van der Waals surface area contributed by atoms with Crippen molar-refractivity contribution in [3.05, 3.63) is 95.8 Å². The van der Waals surface area contributed by atoms with Crippen LogP contribution in [0.5, 0.6) is 0 Å². The molecule has 7 nitrogen and oxygen atoms in total. The molecule has 0 bridgehead atoms. The molecule has 0 aliphatic carbocycles. The van der Waals surface area contributed by atoms with Crippen LogP contribution >= 0.6 is 0 Å². The van der Waals surface area contributed by atoms with Crippen molar-refractivity contribution < 1.29 is 28.7 Å². The van der Waals surface area contributed by atoms with E-state index in [4.69, 9.17) is 4.84 Å². The third-order valence-electron chi connectivity index (χ3n) is 5.72. The molecule has 32 heavy (non-hydrogen) atoms. The van der Waals surface area contributed by atoms with Crippen molar-refractivity contribution in [1.29, 1.82) is 0 Å². The van der Waals surface area contributed by atoms with Gasteiger partial charge in [0.1, 0.15) is 11.7 Å². The monoisotopic (exact) mass is 432 g/mol. The fraction of sp³-hybridized carbons (Fsp3) is 0.125. The Hall–Kier alpha value is -4.04. The first-order valence-corrected chi connectivity index (χ1v) is 9.94. The molecule has 8 heteroatoms. The van der Waals surface area contributed by atoms with Crippen LogP contribution in [0, 0.1) is 11.7 Å². The van der Waals surface area contributed by atoms with Gasteiger partial charge in [-0.25, -0.2) is 19.1 Å². The fourth-order valence-electron chi connectivity index (χ4n) is 4.32. The minimum atomic E-state index is -1.15. The van der Waals surface area contributed by atoms with Crippen molar-refractivity contribution in [3.63, 3.8) is 0 Å². The Labute approximate surface area is 182 Å². The number of nitrogens with zero attached hydrogens (tertiary/aromatic N) is 2. The van der Waals surface area contributed by atoms with Gasteiger partial charge in [0.25, 0.3) is 5.91 Å². The molecule has 2 amide bonds. The number of anilines is 2. The summed E-state index contributed by atoms with van der Waals surface area (Å²) in [4.78, 5) is 45.6. The summed E-state index contributed by atoms with van der Waals surface area (Å²) in [6.45, 7) is 0. The molecule has 0 saturated carbocycles. The second-order valence-corrected chi connectivity index (χ2v) is 7.54. The molecule has 5 rings (SSSR count). The molecule has 160 valence electrons. The Morgan fingerprint density at radius 3 is 2.19 bits per heavy atom. The van der Waals surface area contributed by atoms with E-state index >= 15 is 0 Å². The molecule has 3 atom stereocenters. The van der Waals surface area contributed by atoms with E-state index in [1.54, 1.807) is 42.5 Å². The molecule has 2 saturated heterocycles. The number of imide groups is 1. The molecule has 0 spiro atoms. The largest absolute Gasteiger partial charge is 0.478 e. The van der Waals surface area contributed by atoms with Gasteiger partial charge in [-0.2, -0.15) is 0 Å². The lowest BCUT2D eigenvalue weighted by atomic mass is 9.88. The average Bonchev–Trinajstić information content (AvgIpc) is 3.31. The number of carbonyl (C=O) groups is 3. The molecule has 2 heterocycles. The topological polar surface area (TPSA) is 87.2 Å². The van der Waals surface area contributed by atoms with Crippen molar-refractivity contribution in [2.45, 2.75) is 12.1 Å². The molecule has 0 aromatic heterocycles. The number of carboxylic acids is 1. The van der Waals surface area contributed by atoms with Crippen LogP contribution < -0.4 is 9.96 Å². The number of halogens is 1. The molecule has 1 N–H and O–H groups in total. The average molecular weight is 432 g/mol. The number of fused-ring (bicyclic) bond motifs is 1. The van der Waals surface area contributed by atoms with E-state index in [9.17, 15) is 23.9 Å². The number of carboxylic acid groups (broad SMARTS) is 1. The number of hydrogen-bond acceptors (Lipinski definition) is 5. The number of hydrogen-bond donors (Lipinski definition) is 1. The normalized spacial score (nSPS) is 22.3. The highest BCUT2D eigenvalue weighted by Gasteiger charge is 2.60. The fourth-order valence-corrected chi connectivity index (χ4v) is 4.32. The predicted octanol–water partition coefficient (Wildman–Crippen LogP) is 3.58. The SMILES string of the molecule is O=C(O)c1ccccc1[C@H]1[C@H]2C(=O)N(c3ccc(F)cc3)C(=O)[C@@H]2ON1c1ccccc1. The summed E-state index contributed by atoms with van der Waals surface area (Å²) >= 11 is 0. The van der Waals surface area contributed by atoms with Crippen LogP contribution in [-0.2, 0) is 14.4 Å². The number of aromatic carboxylic acids is 1. The number of carbonyl (C=O) groups excluding carboxylic acids is 2. The lowest BCUT2D eigenvalue weighted by Gasteiger charge is -2.29. The van der Waals surface area contributed by atoms with Crippen LogP contribution in [0.3, 0.4) is 0 Å². The van der Waals surface area contributed by atoms with Crippen LogP contribution in [0.25, 0.3) is 0 Å². The Bertz CT molecular complexity index is 1210. The van der Waals surface area contributed by atoms with E-state index in [-0.39, 0.29) is 11.3 Å². The van der Waals surface area contributed by atoms with Gasteiger partial charge in [-0.1, -0.05) is 36.4 Å². The zero-order valence-electron chi connectivity index (χ0n) is 16.6. The van der Waals surface area contributed by atoms with Crippen LogP contribution in [0.1, 0.15) is 22.0 Å². The second kappa shape index (κ2) is 7.58. The van der Waals surface area contributed by atoms with Crippen LogP contribution in [0.4, 0.5) is 15.8 Å². The summed E-state index contributed by atoms with van der Waals surface area (Å²) in [5, 5.41) is 11.2. The summed E-state index contributed by atoms with van der Waals surface area (Å²) in [6, 6.07) is 19.4. The van der Waals surface area contributed by atoms with Crippen LogP contribution in [0.2, 0.25) is 0 Å². The smallest absolute Gasteiger partial charge is 0.336 e. The maximum absolute atomic E-state index is 13.5. The van der Waals surface area contributed by atoms with Gasteiger partial charge in [-0.15, -0.1) is 0 Å². The molecule has 0 unspecified atom stereocenters. The van der Waals surface area contributed by atoms with Crippen molar-refractivity contribution in [1.82, 2.24) is 0 Å². The van der Waals surface area contributed by atoms with Crippen LogP contribution in [-0.4, -0.2) is 29.0 Å². The number of amides is 2. The first-order chi connectivity index (χ1) is 15.5. The minimum absolute atomic E-state index is 0.0168. The standard InChI is InChI=1S/C24H17FN2O5/c25-14-10-12-15(13-11-14)26-22(28)19-20(17-8-4-5-9-18(17)24(30)31)27(32-21(19)23(26)29)16-6-2-1-3-7-16/h1-13,19-21H,(H,30,31)/t19-,20+,21-/m1/s1. The summed E-state index contributed by atoms with van der Waals surface area (Å²) in [7, 11) is 0. The third kappa shape index (κ3) is 3.04. The maximum Gasteiger partial charge on any atom is 0.336 e. The lowest BCUT2D eigenvalue weighted by molar-refractivity contribution is -0.126. The Balaban J connectivity index is 1.63. The van der Waals surface area contributed by atoms with Crippen molar-refractivity contribution in [2.75, 3.05) is 9.96 Å². The highest BCUT2D eigenvalue weighted by Crippen LogP contribution is 2.48. The maximum atomic E-state index is 13.5. The highest BCUT2D eigenvalue weighted by molar-refractivity contribution is 6.24. The third-order valence-corrected chi connectivity index (χ3v) is 5.72. The molecule has 3 aromatic carbocycles. The summed E-state index contributed by atoms with van der Waals surface area (Å²) in [6.07, 6.45) is -1.14. The Morgan fingerprint density at radius 1 is 0.844 bits per heavy atom. The van der Waals surface area contributed by atoms with Crippen LogP contribution in [0.15, 0.2) is 78.9 Å². The molecule has 2 aliphatic rings. The zero-order chi connectivity index (χ0) is 22.4. The van der Waals surface area contributed by atoms with Gasteiger partial charge in [0.15, 0.2) is 6.10 Å². The van der Waals surface area contributed by atoms with Gasteiger partial charge < -0.3 is 5.11 Å². The van der Waals surface area contributed by atoms with Crippen molar-refractivity contribution >= 4 is 29.2 Å². The quantitative estimate of drug-likeness (QED) is 0.635. The van der Waals surface area contributed by atoms with E-state index in [0.717, 1.165) is 4.90 Å². The van der Waals surface area contributed by atoms with Gasteiger partial charge in [0.2, 0.25) is 5.91 Å². The first-order valence-electron chi connectivity index (χ1n) is 9.94. The summed E-state index contributed by atoms with van der Waals surface area (Å²) in [5.41, 5.74) is 1.19. The van der Waals surface area contributed by atoms with E-state index in [0.29, 0.717) is 11.3 Å². The minimum Gasteiger partial charge on any atom is -0.478 e. The van der Waals surface area contributed by atoms with Crippen molar-refractivity contribution in [2.24, 2.45) is 5.92 Å². The predicted molar refractivity (Wildman–Crippen MR) is 112 cm³/mol. The van der Waals surface area contributed by atoms with Gasteiger partial charge in [-0.3, -0.25) is 14.4 Å². The highest BCUT2D eigenvalue weighted by atomic mass is 19.1. The number of para-hydroxylation sites is 1. The first kappa shape index (κ1) is 19.9. The van der Waals surface area contributed by atoms with Gasteiger partial charge >= 0.3 is 5.97 Å². The number of benzene rings is 3. The Kier molecular flexibility index (Phi) is 4.71. The molecule has 2 fully saturated rings. The summed E-state index contributed by atoms with van der Waals surface area (Å²) in [5.74, 6) is -3.73. The zero-order valence-corrected chi connectivity index (χ0v) is 16.6. The van der Waals surface area contributed by atoms with Gasteiger partial charge in [0.05, 0.1) is 23.0 Å². The number of hydroxylamine groups is 1.